The topological polar surface area (TPSA) is 84.6 Å². The van der Waals surface area contributed by atoms with E-state index in [1.165, 1.54) is 16.9 Å². The molecule has 13 heteroatoms. The zero-order valence-corrected chi connectivity index (χ0v) is 16.3. The largest absolute Gasteiger partial charge is 0.573 e. The number of benzene rings is 1. The molecule has 0 radical (unpaired) electrons. The Labute approximate surface area is 177 Å². The van der Waals surface area contributed by atoms with Gasteiger partial charge in [-0.3, -0.25) is 4.40 Å². The van der Waals surface area contributed by atoms with Gasteiger partial charge in [-0.05, 0) is 43.9 Å². The third-order valence-electron chi connectivity index (χ3n) is 5.12. The predicted molar refractivity (Wildman–Crippen MR) is 99.8 cm³/mol. The zero-order chi connectivity index (χ0) is 23.1. The smallest absolute Gasteiger partial charge is 0.405 e. The van der Waals surface area contributed by atoms with Crippen LogP contribution in [-0.2, 0) is 6.18 Å². The summed E-state index contributed by atoms with van der Waals surface area (Å²) < 4.78 is 83.1. The second kappa shape index (κ2) is 8.11. The van der Waals surface area contributed by atoms with E-state index in [0.29, 0.717) is 18.9 Å². The fourth-order valence-electron chi connectivity index (χ4n) is 3.71. The number of halogens is 6. The van der Waals surface area contributed by atoms with E-state index in [0.717, 1.165) is 18.9 Å². The summed E-state index contributed by atoms with van der Waals surface area (Å²) in [6.45, 7) is 0. The van der Waals surface area contributed by atoms with Crippen LogP contribution in [0.3, 0.4) is 0 Å². The summed E-state index contributed by atoms with van der Waals surface area (Å²) in [4.78, 5) is 3.97. The SMILES string of the molecule is O[C@H]1CCC[C@@H](Nc2nnc(-c3ccc(C(F)(F)F)cc3OC(F)(F)F)c3cncn23)C1. The van der Waals surface area contributed by atoms with Crippen molar-refractivity contribution in [3.63, 3.8) is 0 Å². The molecule has 2 heterocycles. The molecule has 1 saturated carbocycles. The molecule has 2 atom stereocenters. The second-order valence-corrected chi connectivity index (χ2v) is 7.44. The minimum atomic E-state index is -5.22. The molecule has 0 bridgehead atoms. The Bertz CT molecular complexity index is 1110. The van der Waals surface area contributed by atoms with Crippen LogP contribution in [0.2, 0.25) is 0 Å². The van der Waals surface area contributed by atoms with Gasteiger partial charge in [0.2, 0.25) is 5.95 Å². The number of hydrogen-bond acceptors (Lipinski definition) is 6. The van der Waals surface area contributed by atoms with E-state index < -0.39 is 30.0 Å². The Morgan fingerprint density at radius 3 is 2.56 bits per heavy atom. The van der Waals surface area contributed by atoms with Crippen molar-refractivity contribution in [1.29, 1.82) is 0 Å². The number of imidazole rings is 1. The van der Waals surface area contributed by atoms with Gasteiger partial charge in [0, 0.05) is 11.6 Å². The number of nitrogens with zero attached hydrogens (tertiary/aromatic N) is 4. The normalized spacial score (nSPS) is 19.8. The summed E-state index contributed by atoms with van der Waals surface area (Å²) in [5, 5.41) is 20.9. The molecule has 0 aliphatic heterocycles. The highest BCUT2D eigenvalue weighted by Crippen LogP contribution is 2.40. The minimum Gasteiger partial charge on any atom is -0.405 e. The van der Waals surface area contributed by atoms with E-state index in [9.17, 15) is 31.4 Å². The van der Waals surface area contributed by atoms with E-state index in [-0.39, 0.29) is 34.8 Å². The van der Waals surface area contributed by atoms with Crippen molar-refractivity contribution in [1.82, 2.24) is 19.6 Å². The first-order valence-electron chi connectivity index (χ1n) is 9.62. The number of aliphatic hydroxyl groups is 1. The molecule has 172 valence electrons. The zero-order valence-electron chi connectivity index (χ0n) is 16.3. The highest BCUT2D eigenvalue weighted by Gasteiger charge is 2.36. The molecular formula is C19H17F6N5O2. The highest BCUT2D eigenvalue weighted by molar-refractivity contribution is 5.81. The number of aromatic nitrogens is 4. The lowest BCUT2D eigenvalue weighted by atomic mass is 9.93. The average Bonchev–Trinajstić information content (AvgIpc) is 3.17. The van der Waals surface area contributed by atoms with Gasteiger partial charge < -0.3 is 15.2 Å². The molecule has 32 heavy (non-hydrogen) atoms. The van der Waals surface area contributed by atoms with Gasteiger partial charge in [-0.1, -0.05) is 0 Å². The lowest BCUT2D eigenvalue weighted by Crippen LogP contribution is -2.31. The van der Waals surface area contributed by atoms with E-state index in [1.54, 1.807) is 0 Å². The van der Waals surface area contributed by atoms with Crippen molar-refractivity contribution in [3.05, 3.63) is 36.3 Å². The Hall–Kier alpha value is -3.09. The summed E-state index contributed by atoms with van der Waals surface area (Å²) in [5.41, 5.74) is -1.55. The van der Waals surface area contributed by atoms with Crippen LogP contribution in [-0.4, -0.2) is 43.2 Å². The molecule has 2 aromatic heterocycles. The van der Waals surface area contributed by atoms with Crippen molar-refractivity contribution in [3.8, 4) is 17.0 Å². The summed E-state index contributed by atoms with van der Waals surface area (Å²) in [6.07, 6.45) is -5.11. The third kappa shape index (κ3) is 4.71. The standard InChI is InChI=1S/C19H17F6N5O2/c20-18(21,22)10-4-5-13(15(6-10)32-19(23,24)25)16-14-8-26-9-30(14)17(29-28-16)27-11-2-1-3-12(31)7-11/h4-6,8-9,11-12,31H,1-3,7H2,(H,27,29)/t11-,12+/m1/s1. The Morgan fingerprint density at radius 1 is 1.09 bits per heavy atom. The molecule has 1 aromatic carbocycles. The van der Waals surface area contributed by atoms with Gasteiger partial charge in [-0.2, -0.15) is 13.2 Å². The van der Waals surface area contributed by atoms with E-state index in [4.69, 9.17) is 0 Å². The molecule has 4 rings (SSSR count). The van der Waals surface area contributed by atoms with Gasteiger partial charge in [0.1, 0.15) is 17.8 Å². The maximum absolute atomic E-state index is 13.0. The first-order valence-corrected chi connectivity index (χ1v) is 9.62. The van der Waals surface area contributed by atoms with Crippen LogP contribution >= 0.6 is 0 Å². The van der Waals surface area contributed by atoms with Crippen LogP contribution in [0.25, 0.3) is 16.8 Å². The van der Waals surface area contributed by atoms with Crippen LogP contribution in [0, 0.1) is 0 Å². The van der Waals surface area contributed by atoms with Crippen molar-refractivity contribution < 1.29 is 36.2 Å². The molecule has 0 spiro atoms. The number of anilines is 1. The fraction of sp³-hybridized carbons (Fsp3) is 0.421. The van der Waals surface area contributed by atoms with Crippen LogP contribution in [0.4, 0.5) is 32.3 Å². The molecule has 2 N–H and O–H groups in total. The highest BCUT2D eigenvalue weighted by atomic mass is 19.4. The molecule has 0 amide bonds. The number of aliphatic hydroxyl groups excluding tert-OH is 1. The predicted octanol–water partition coefficient (Wildman–Crippen LogP) is 4.42. The fourth-order valence-corrected chi connectivity index (χ4v) is 3.71. The quantitative estimate of drug-likeness (QED) is 0.560. The Morgan fingerprint density at radius 2 is 1.88 bits per heavy atom. The number of hydrogen-bond donors (Lipinski definition) is 2. The summed E-state index contributed by atoms with van der Waals surface area (Å²) in [7, 11) is 0. The first kappa shape index (κ1) is 22.1. The van der Waals surface area contributed by atoms with Crippen molar-refractivity contribution in [2.45, 2.75) is 50.4 Å². The third-order valence-corrected chi connectivity index (χ3v) is 5.12. The molecule has 1 aliphatic rings. The molecule has 0 saturated heterocycles. The number of alkyl halides is 6. The van der Waals surface area contributed by atoms with E-state index in [2.05, 4.69) is 25.2 Å². The van der Waals surface area contributed by atoms with Crippen LogP contribution < -0.4 is 10.1 Å². The van der Waals surface area contributed by atoms with Gasteiger partial charge in [-0.25, -0.2) is 4.98 Å². The van der Waals surface area contributed by atoms with Gasteiger partial charge in [0.15, 0.2) is 0 Å². The molecule has 0 unspecified atom stereocenters. The number of rotatable bonds is 4. The lowest BCUT2D eigenvalue weighted by Gasteiger charge is -2.27. The molecule has 1 aliphatic carbocycles. The van der Waals surface area contributed by atoms with Crippen LogP contribution in [0.15, 0.2) is 30.7 Å². The molecular weight excluding hydrogens is 444 g/mol. The van der Waals surface area contributed by atoms with Gasteiger partial charge >= 0.3 is 12.5 Å². The van der Waals surface area contributed by atoms with Crippen molar-refractivity contribution in [2.75, 3.05) is 5.32 Å². The Kier molecular flexibility index (Phi) is 5.61. The Balaban J connectivity index is 1.76. The van der Waals surface area contributed by atoms with E-state index >= 15 is 0 Å². The van der Waals surface area contributed by atoms with Gasteiger partial charge in [-0.15, -0.1) is 23.4 Å². The maximum Gasteiger partial charge on any atom is 0.573 e. The van der Waals surface area contributed by atoms with Gasteiger partial charge in [0.25, 0.3) is 0 Å². The number of ether oxygens (including phenoxy) is 1. The molecule has 7 nitrogen and oxygen atoms in total. The second-order valence-electron chi connectivity index (χ2n) is 7.44. The van der Waals surface area contributed by atoms with Gasteiger partial charge in [0.05, 0.1) is 23.4 Å². The lowest BCUT2D eigenvalue weighted by molar-refractivity contribution is -0.274. The van der Waals surface area contributed by atoms with Crippen LogP contribution in [0.5, 0.6) is 5.75 Å². The summed E-state index contributed by atoms with van der Waals surface area (Å²) >= 11 is 0. The maximum atomic E-state index is 13.0. The summed E-state index contributed by atoms with van der Waals surface area (Å²) in [6, 6.07) is 1.67. The monoisotopic (exact) mass is 461 g/mol. The van der Waals surface area contributed by atoms with Crippen molar-refractivity contribution >= 4 is 11.5 Å². The van der Waals surface area contributed by atoms with E-state index in [1.807, 2.05) is 0 Å². The summed E-state index contributed by atoms with van der Waals surface area (Å²) in [5.74, 6) is -0.814. The van der Waals surface area contributed by atoms with Crippen LogP contribution in [0.1, 0.15) is 31.2 Å². The number of nitrogens with one attached hydrogen (secondary N) is 1. The number of fused-ring (bicyclic) bond motifs is 1. The van der Waals surface area contributed by atoms with Crippen molar-refractivity contribution in [2.24, 2.45) is 0 Å². The molecule has 3 aromatic rings. The minimum absolute atomic E-state index is 0.0975. The molecule has 1 fully saturated rings. The average molecular weight is 461 g/mol. The first-order chi connectivity index (χ1) is 15.0.